The lowest BCUT2D eigenvalue weighted by molar-refractivity contribution is 0.626. The SMILES string of the molecule is Cl.N[C@@H]1CCc2cc(F)c(Cl)cc21. The zero-order chi connectivity index (χ0) is 8.72. The van der Waals surface area contributed by atoms with Gasteiger partial charge >= 0.3 is 0 Å². The van der Waals surface area contributed by atoms with E-state index in [1.165, 1.54) is 6.07 Å². The number of aryl methyl sites for hydroxylation is 1. The molecular weight excluding hydrogens is 212 g/mol. The number of hydrogen-bond donors (Lipinski definition) is 1. The molecule has 0 radical (unpaired) electrons. The summed E-state index contributed by atoms with van der Waals surface area (Å²) in [5.41, 5.74) is 7.79. The molecule has 1 aromatic rings. The largest absolute Gasteiger partial charge is 0.324 e. The Kier molecular flexibility index (Phi) is 3.17. The van der Waals surface area contributed by atoms with Crippen molar-refractivity contribution in [2.45, 2.75) is 18.9 Å². The van der Waals surface area contributed by atoms with Crippen molar-refractivity contribution in [1.82, 2.24) is 0 Å². The molecule has 4 heteroatoms. The first kappa shape index (κ1) is 10.8. The molecule has 0 fully saturated rings. The van der Waals surface area contributed by atoms with Crippen LogP contribution in [0.3, 0.4) is 0 Å². The molecule has 0 heterocycles. The Bertz CT molecular complexity index is 328. The van der Waals surface area contributed by atoms with Crippen LogP contribution in [0.15, 0.2) is 12.1 Å². The average molecular weight is 222 g/mol. The molecule has 0 amide bonds. The van der Waals surface area contributed by atoms with Gasteiger partial charge in [0.15, 0.2) is 0 Å². The molecule has 13 heavy (non-hydrogen) atoms. The number of fused-ring (bicyclic) bond motifs is 1. The highest BCUT2D eigenvalue weighted by Gasteiger charge is 2.20. The summed E-state index contributed by atoms with van der Waals surface area (Å²) in [5, 5.41) is 0.172. The molecule has 2 N–H and O–H groups in total. The molecule has 1 aliphatic carbocycles. The van der Waals surface area contributed by atoms with E-state index < -0.39 is 0 Å². The second-order valence-corrected chi connectivity index (χ2v) is 3.52. The van der Waals surface area contributed by atoms with Crippen LogP contribution in [0.5, 0.6) is 0 Å². The van der Waals surface area contributed by atoms with E-state index in [1.807, 2.05) is 0 Å². The third-order valence-electron chi connectivity index (χ3n) is 2.31. The lowest BCUT2D eigenvalue weighted by Crippen LogP contribution is -2.05. The number of nitrogens with two attached hydrogens (primary N) is 1. The maximum Gasteiger partial charge on any atom is 0.142 e. The lowest BCUT2D eigenvalue weighted by atomic mass is 10.1. The molecule has 0 spiro atoms. The number of rotatable bonds is 0. The highest BCUT2D eigenvalue weighted by atomic mass is 35.5. The van der Waals surface area contributed by atoms with Gasteiger partial charge < -0.3 is 5.73 Å². The summed E-state index contributed by atoms with van der Waals surface area (Å²) in [6, 6.07) is 3.17. The first-order valence-electron chi connectivity index (χ1n) is 3.92. The molecule has 0 saturated heterocycles. The minimum Gasteiger partial charge on any atom is -0.324 e. The fourth-order valence-corrected chi connectivity index (χ4v) is 1.80. The van der Waals surface area contributed by atoms with Crippen molar-refractivity contribution in [2.24, 2.45) is 5.73 Å². The molecule has 1 nitrogen and oxygen atoms in total. The van der Waals surface area contributed by atoms with Crippen LogP contribution in [0.1, 0.15) is 23.6 Å². The van der Waals surface area contributed by atoms with E-state index in [-0.39, 0.29) is 29.3 Å². The summed E-state index contributed by atoms with van der Waals surface area (Å²) < 4.78 is 12.9. The van der Waals surface area contributed by atoms with Crippen LogP contribution in [0.2, 0.25) is 5.02 Å². The van der Waals surface area contributed by atoms with Crippen molar-refractivity contribution in [3.05, 3.63) is 34.1 Å². The van der Waals surface area contributed by atoms with E-state index in [0.29, 0.717) is 0 Å². The van der Waals surface area contributed by atoms with Crippen LogP contribution in [0.4, 0.5) is 4.39 Å². The van der Waals surface area contributed by atoms with Crippen molar-refractivity contribution >= 4 is 24.0 Å². The third-order valence-corrected chi connectivity index (χ3v) is 2.60. The molecule has 0 bridgehead atoms. The van der Waals surface area contributed by atoms with Crippen molar-refractivity contribution in [2.75, 3.05) is 0 Å². The summed E-state index contributed by atoms with van der Waals surface area (Å²) in [6.07, 6.45) is 1.76. The van der Waals surface area contributed by atoms with Crippen LogP contribution >= 0.6 is 24.0 Å². The Balaban J connectivity index is 0.000000845. The Morgan fingerprint density at radius 3 is 2.85 bits per heavy atom. The van der Waals surface area contributed by atoms with Crippen LogP contribution in [0.25, 0.3) is 0 Å². The minimum absolute atomic E-state index is 0. The van der Waals surface area contributed by atoms with E-state index in [9.17, 15) is 4.39 Å². The molecule has 0 aliphatic heterocycles. The van der Waals surface area contributed by atoms with Crippen LogP contribution in [-0.4, -0.2) is 0 Å². The van der Waals surface area contributed by atoms with Gasteiger partial charge in [0, 0.05) is 6.04 Å². The standard InChI is InChI=1S/C9H9ClFN.ClH/c10-7-4-6-5(3-8(7)11)1-2-9(6)12;/h3-4,9H,1-2,12H2;1H/t9-;/m1./s1. The topological polar surface area (TPSA) is 26.0 Å². The minimum atomic E-state index is -0.343. The summed E-state index contributed by atoms with van der Waals surface area (Å²) in [6.45, 7) is 0. The molecule has 1 aliphatic rings. The van der Waals surface area contributed by atoms with Gasteiger partial charge in [-0.3, -0.25) is 0 Å². The van der Waals surface area contributed by atoms with E-state index in [1.54, 1.807) is 6.07 Å². The van der Waals surface area contributed by atoms with Gasteiger partial charge in [0.1, 0.15) is 5.82 Å². The van der Waals surface area contributed by atoms with Crippen molar-refractivity contribution in [3.8, 4) is 0 Å². The maximum atomic E-state index is 12.9. The van der Waals surface area contributed by atoms with Crippen LogP contribution < -0.4 is 5.73 Å². The van der Waals surface area contributed by atoms with Crippen molar-refractivity contribution < 1.29 is 4.39 Å². The zero-order valence-electron chi connectivity index (χ0n) is 6.89. The fourth-order valence-electron chi connectivity index (χ4n) is 1.63. The van der Waals surface area contributed by atoms with Crippen LogP contribution in [0, 0.1) is 5.82 Å². The summed E-state index contributed by atoms with van der Waals surface area (Å²) >= 11 is 5.63. The van der Waals surface area contributed by atoms with Gasteiger partial charge in [0.25, 0.3) is 0 Å². The highest BCUT2D eigenvalue weighted by Crippen LogP contribution is 2.32. The fraction of sp³-hybridized carbons (Fsp3) is 0.333. The van der Waals surface area contributed by atoms with Crippen molar-refractivity contribution in [3.63, 3.8) is 0 Å². The molecule has 0 aromatic heterocycles. The van der Waals surface area contributed by atoms with Crippen molar-refractivity contribution in [1.29, 1.82) is 0 Å². The number of hydrogen-bond acceptors (Lipinski definition) is 1. The highest BCUT2D eigenvalue weighted by molar-refractivity contribution is 6.30. The van der Waals surface area contributed by atoms with Gasteiger partial charge in [-0.1, -0.05) is 11.6 Å². The third kappa shape index (κ3) is 1.80. The van der Waals surface area contributed by atoms with E-state index in [2.05, 4.69) is 0 Å². The Labute approximate surface area is 87.5 Å². The zero-order valence-corrected chi connectivity index (χ0v) is 8.46. The molecule has 2 rings (SSSR count). The van der Waals surface area contributed by atoms with E-state index >= 15 is 0 Å². The first-order valence-corrected chi connectivity index (χ1v) is 4.29. The Hall–Kier alpha value is -0.310. The predicted molar refractivity (Wildman–Crippen MR) is 53.9 cm³/mol. The van der Waals surface area contributed by atoms with Gasteiger partial charge in [-0.15, -0.1) is 12.4 Å². The number of halogens is 3. The van der Waals surface area contributed by atoms with E-state index in [4.69, 9.17) is 17.3 Å². The number of benzene rings is 1. The van der Waals surface area contributed by atoms with Gasteiger partial charge in [-0.05, 0) is 36.1 Å². The molecular formula is C9H10Cl2FN. The summed E-state index contributed by atoms with van der Waals surface area (Å²) in [5.74, 6) is -0.343. The monoisotopic (exact) mass is 221 g/mol. The molecule has 72 valence electrons. The summed E-state index contributed by atoms with van der Waals surface area (Å²) in [4.78, 5) is 0. The molecule has 1 aromatic carbocycles. The van der Waals surface area contributed by atoms with Crippen LogP contribution in [-0.2, 0) is 6.42 Å². The molecule has 0 saturated carbocycles. The molecule has 0 unspecified atom stereocenters. The first-order chi connectivity index (χ1) is 5.68. The van der Waals surface area contributed by atoms with Gasteiger partial charge in [-0.25, -0.2) is 4.39 Å². The smallest absolute Gasteiger partial charge is 0.142 e. The average Bonchev–Trinajstić information content (AvgIpc) is 2.35. The second kappa shape index (κ2) is 3.82. The van der Waals surface area contributed by atoms with Gasteiger partial charge in [0.2, 0.25) is 0 Å². The Morgan fingerprint density at radius 2 is 2.15 bits per heavy atom. The molecule has 1 atom stereocenters. The lowest BCUT2D eigenvalue weighted by Gasteiger charge is -2.04. The normalized spacial score (nSPS) is 19.5. The predicted octanol–water partition coefficient (Wildman–Crippen LogP) is 2.85. The quantitative estimate of drug-likeness (QED) is 0.717. The second-order valence-electron chi connectivity index (χ2n) is 3.11. The van der Waals surface area contributed by atoms with Gasteiger partial charge in [0.05, 0.1) is 5.02 Å². The maximum absolute atomic E-state index is 12.9. The van der Waals surface area contributed by atoms with E-state index in [0.717, 1.165) is 24.0 Å². The summed E-state index contributed by atoms with van der Waals surface area (Å²) in [7, 11) is 0. The Morgan fingerprint density at radius 1 is 1.46 bits per heavy atom. The van der Waals surface area contributed by atoms with Gasteiger partial charge in [-0.2, -0.15) is 0 Å².